The van der Waals surface area contributed by atoms with Crippen molar-refractivity contribution in [3.05, 3.63) is 89.1 Å². The first-order chi connectivity index (χ1) is 14.1. The summed E-state index contributed by atoms with van der Waals surface area (Å²) in [6.07, 6.45) is 0.286. The molecule has 0 atom stereocenters. The molecule has 0 unspecified atom stereocenters. The molecule has 0 N–H and O–H groups in total. The third-order valence-electron chi connectivity index (χ3n) is 4.74. The maximum Gasteiger partial charge on any atom is 0.228 e. The van der Waals surface area contributed by atoms with E-state index in [9.17, 15) is 4.79 Å². The fourth-order valence-electron chi connectivity index (χ4n) is 3.14. The van der Waals surface area contributed by atoms with Crippen molar-refractivity contribution in [1.29, 1.82) is 0 Å². The zero-order chi connectivity index (χ0) is 20.2. The Kier molecular flexibility index (Phi) is 5.58. The third kappa shape index (κ3) is 4.63. The lowest BCUT2D eigenvalue weighted by Gasteiger charge is -2.17. The van der Waals surface area contributed by atoms with Crippen LogP contribution in [0.2, 0.25) is 0 Å². The van der Waals surface area contributed by atoms with Gasteiger partial charge in [-0.2, -0.15) is 0 Å². The number of nitrogens with zero attached hydrogens (tertiary/aromatic N) is 2. The predicted octanol–water partition coefficient (Wildman–Crippen LogP) is 5.58. The minimum atomic E-state index is 0.0459. The van der Waals surface area contributed by atoms with Gasteiger partial charge >= 0.3 is 0 Å². The van der Waals surface area contributed by atoms with E-state index in [4.69, 9.17) is 4.42 Å². The molecule has 0 aliphatic rings. The molecule has 0 radical (unpaired) electrons. The Labute approximate surface area is 174 Å². The van der Waals surface area contributed by atoms with Gasteiger partial charge in [-0.15, -0.1) is 11.3 Å². The lowest BCUT2D eigenvalue weighted by Crippen LogP contribution is -2.27. The van der Waals surface area contributed by atoms with E-state index in [2.05, 4.69) is 41.4 Å². The van der Waals surface area contributed by atoms with E-state index in [1.165, 1.54) is 22.5 Å². The first-order valence-electron chi connectivity index (χ1n) is 9.48. The normalized spacial score (nSPS) is 10.8. The molecule has 0 saturated carbocycles. The number of likely N-dealkylation sites (N-methyl/N-ethyl adjacent to an activating group) is 1. The Bertz CT molecular complexity index is 1100. The van der Waals surface area contributed by atoms with Crippen molar-refractivity contribution in [3.8, 4) is 21.9 Å². The third-order valence-corrected chi connectivity index (χ3v) is 5.65. The van der Waals surface area contributed by atoms with Crippen molar-refractivity contribution >= 4 is 17.2 Å². The van der Waals surface area contributed by atoms with Crippen LogP contribution in [0.25, 0.3) is 21.9 Å². The van der Waals surface area contributed by atoms with E-state index in [1.807, 2.05) is 49.7 Å². The zero-order valence-electron chi connectivity index (χ0n) is 16.5. The molecule has 0 aliphatic carbocycles. The summed E-state index contributed by atoms with van der Waals surface area (Å²) in [6.45, 7) is 2.48. The summed E-state index contributed by atoms with van der Waals surface area (Å²) < 4.78 is 5.61. The highest BCUT2D eigenvalue weighted by molar-refractivity contribution is 7.13. The van der Waals surface area contributed by atoms with Crippen LogP contribution >= 0.6 is 11.3 Å². The Hall–Kier alpha value is -3.18. The van der Waals surface area contributed by atoms with Crippen molar-refractivity contribution in [3.63, 3.8) is 0 Å². The number of carbonyl (C=O) groups is 1. The fourth-order valence-corrected chi connectivity index (χ4v) is 3.92. The molecule has 4 rings (SSSR count). The van der Waals surface area contributed by atoms with Crippen LogP contribution < -0.4 is 0 Å². The summed E-state index contributed by atoms with van der Waals surface area (Å²) in [7, 11) is 1.83. The topological polar surface area (TPSA) is 46.3 Å². The maximum absolute atomic E-state index is 12.6. The second-order valence-electron chi connectivity index (χ2n) is 7.04. The average molecular weight is 403 g/mol. The number of rotatable bonds is 6. The number of thiazole rings is 1. The van der Waals surface area contributed by atoms with Crippen LogP contribution in [0.4, 0.5) is 0 Å². The van der Waals surface area contributed by atoms with E-state index >= 15 is 0 Å². The molecule has 146 valence electrons. The minimum absolute atomic E-state index is 0.0459. The van der Waals surface area contributed by atoms with Gasteiger partial charge in [-0.1, -0.05) is 54.6 Å². The molecular weight excluding hydrogens is 380 g/mol. The van der Waals surface area contributed by atoms with Crippen molar-refractivity contribution in [2.45, 2.75) is 19.9 Å². The number of benzene rings is 2. The zero-order valence-corrected chi connectivity index (χ0v) is 17.3. The molecule has 2 heterocycles. The number of amides is 1. The van der Waals surface area contributed by atoms with E-state index in [1.54, 1.807) is 4.90 Å². The number of hydrogen-bond acceptors (Lipinski definition) is 4. The quantitative estimate of drug-likeness (QED) is 0.423. The number of aromatic nitrogens is 1. The van der Waals surface area contributed by atoms with Gasteiger partial charge in [0.05, 0.1) is 12.1 Å². The second kappa shape index (κ2) is 8.45. The van der Waals surface area contributed by atoms with Gasteiger partial charge in [0.25, 0.3) is 0 Å². The maximum atomic E-state index is 12.6. The Morgan fingerprint density at radius 3 is 2.41 bits per heavy atom. The molecule has 0 bridgehead atoms. The smallest absolute Gasteiger partial charge is 0.228 e. The van der Waals surface area contributed by atoms with Gasteiger partial charge in [0.2, 0.25) is 5.91 Å². The van der Waals surface area contributed by atoms with Crippen molar-refractivity contribution in [2.75, 3.05) is 7.05 Å². The molecule has 2 aromatic heterocycles. The van der Waals surface area contributed by atoms with Gasteiger partial charge < -0.3 is 9.32 Å². The van der Waals surface area contributed by atoms with E-state index < -0.39 is 0 Å². The first kappa shape index (κ1) is 19.2. The van der Waals surface area contributed by atoms with Crippen molar-refractivity contribution in [1.82, 2.24) is 9.88 Å². The molecule has 4 aromatic rings. The SMILES string of the molecule is Cc1ccc(-c2nc(CC(=O)N(C)Cc3ccc(-c4ccccc4)cc3)cs2)o1. The van der Waals surface area contributed by atoms with Crippen LogP contribution in [0.1, 0.15) is 17.0 Å². The van der Waals surface area contributed by atoms with Gasteiger partial charge in [-0.25, -0.2) is 4.98 Å². The van der Waals surface area contributed by atoms with E-state index in [-0.39, 0.29) is 12.3 Å². The Morgan fingerprint density at radius 1 is 1.00 bits per heavy atom. The van der Waals surface area contributed by atoms with Crippen molar-refractivity contribution in [2.24, 2.45) is 0 Å². The van der Waals surface area contributed by atoms with Crippen molar-refractivity contribution < 1.29 is 9.21 Å². The number of furan rings is 1. The molecule has 1 amide bonds. The highest BCUT2D eigenvalue weighted by Gasteiger charge is 2.14. The highest BCUT2D eigenvalue weighted by Crippen LogP contribution is 2.26. The monoisotopic (exact) mass is 402 g/mol. The number of hydrogen-bond donors (Lipinski definition) is 0. The highest BCUT2D eigenvalue weighted by atomic mass is 32.1. The molecule has 2 aromatic carbocycles. The summed E-state index contributed by atoms with van der Waals surface area (Å²) in [6, 6.07) is 22.4. The summed E-state index contributed by atoms with van der Waals surface area (Å²) in [4.78, 5) is 18.9. The predicted molar refractivity (Wildman–Crippen MR) is 117 cm³/mol. The van der Waals surface area contributed by atoms with Crippen LogP contribution in [0.3, 0.4) is 0 Å². The van der Waals surface area contributed by atoms with Crippen LogP contribution in [-0.4, -0.2) is 22.8 Å². The van der Waals surface area contributed by atoms with Gasteiger partial charge in [-0.3, -0.25) is 4.79 Å². The lowest BCUT2D eigenvalue weighted by molar-refractivity contribution is -0.129. The number of carbonyl (C=O) groups excluding carboxylic acids is 1. The minimum Gasteiger partial charge on any atom is -0.459 e. The largest absolute Gasteiger partial charge is 0.459 e. The molecule has 5 heteroatoms. The van der Waals surface area contributed by atoms with Crippen LogP contribution in [0.5, 0.6) is 0 Å². The van der Waals surface area contributed by atoms with Gasteiger partial charge in [0.1, 0.15) is 5.76 Å². The summed E-state index contributed by atoms with van der Waals surface area (Å²) >= 11 is 1.50. The first-order valence-corrected chi connectivity index (χ1v) is 10.4. The Balaban J connectivity index is 1.37. The number of aryl methyl sites for hydroxylation is 1. The van der Waals surface area contributed by atoms with Crippen LogP contribution in [0.15, 0.2) is 76.5 Å². The molecule has 0 fully saturated rings. The van der Waals surface area contributed by atoms with Crippen LogP contribution in [-0.2, 0) is 17.8 Å². The molecular formula is C24H22N2O2S. The summed E-state index contributed by atoms with van der Waals surface area (Å²) in [5, 5.41) is 2.73. The van der Waals surface area contributed by atoms with Gasteiger partial charge in [-0.05, 0) is 35.7 Å². The second-order valence-corrected chi connectivity index (χ2v) is 7.90. The van der Waals surface area contributed by atoms with E-state index in [0.29, 0.717) is 6.54 Å². The van der Waals surface area contributed by atoms with Gasteiger partial charge in [0.15, 0.2) is 10.8 Å². The van der Waals surface area contributed by atoms with Crippen LogP contribution in [0, 0.1) is 6.92 Å². The molecule has 4 nitrogen and oxygen atoms in total. The fraction of sp³-hybridized carbons (Fsp3) is 0.167. The Morgan fingerprint density at radius 2 is 1.72 bits per heavy atom. The molecule has 29 heavy (non-hydrogen) atoms. The summed E-state index contributed by atoms with van der Waals surface area (Å²) in [5.41, 5.74) is 4.24. The summed E-state index contributed by atoms with van der Waals surface area (Å²) in [5.74, 6) is 1.65. The molecule has 0 spiro atoms. The van der Waals surface area contributed by atoms with E-state index in [0.717, 1.165) is 27.8 Å². The lowest BCUT2D eigenvalue weighted by atomic mass is 10.0. The van der Waals surface area contributed by atoms with Gasteiger partial charge in [0, 0.05) is 19.0 Å². The molecule has 0 aliphatic heterocycles. The average Bonchev–Trinajstić information content (AvgIpc) is 3.38. The molecule has 0 saturated heterocycles. The standard InChI is InChI=1S/C24H22N2O2S/c1-17-8-13-22(28-17)24-25-21(16-29-24)14-23(27)26(2)15-18-9-11-20(12-10-18)19-6-4-3-5-7-19/h3-13,16H,14-15H2,1-2H3.